The van der Waals surface area contributed by atoms with Crippen LogP contribution < -0.4 is 0 Å². The molecule has 0 saturated heterocycles. The van der Waals surface area contributed by atoms with Crippen LogP contribution in [0.25, 0.3) is 0 Å². The lowest BCUT2D eigenvalue weighted by atomic mass is 9.93. The summed E-state index contributed by atoms with van der Waals surface area (Å²) < 4.78 is 0. The SMILES string of the molecule is C=CCN(C(=O)C(C)C)C1CCCCC1. The third-order valence-corrected chi connectivity index (χ3v) is 3.12. The van der Waals surface area contributed by atoms with Crippen molar-refractivity contribution in [1.82, 2.24) is 4.90 Å². The Hall–Kier alpha value is -0.790. The molecule has 0 aliphatic heterocycles. The molecule has 1 aliphatic carbocycles. The molecule has 0 aromatic carbocycles. The molecule has 0 radical (unpaired) electrons. The molecule has 0 aromatic rings. The summed E-state index contributed by atoms with van der Waals surface area (Å²) in [5.74, 6) is 0.383. The maximum absolute atomic E-state index is 12.0. The molecule has 2 nitrogen and oxygen atoms in total. The molecule has 0 N–H and O–H groups in total. The molecule has 1 saturated carbocycles. The van der Waals surface area contributed by atoms with E-state index in [0.29, 0.717) is 12.6 Å². The van der Waals surface area contributed by atoms with Crippen molar-refractivity contribution in [3.8, 4) is 0 Å². The molecule has 15 heavy (non-hydrogen) atoms. The largest absolute Gasteiger partial charge is 0.336 e. The van der Waals surface area contributed by atoms with Crippen molar-refractivity contribution in [2.75, 3.05) is 6.54 Å². The zero-order chi connectivity index (χ0) is 11.3. The Labute approximate surface area is 93.3 Å². The molecule has 1 aliphatic rings. The Bertz CT molecular complexity index is 217. The van der Waals surface area contributed by atoms with Crippen LogP contribution in [0.15, 0.2) is 12.7 Å². The van der Waals surface area contributed by atoms with Gasteiger partial charge in [0.2, 0.25) is 5.91 Å². The van der Waals surface area contributed by atoms with Gasteiger partial charge in [-0.25, -0.2) is 0 Å². The van der Waals surface area contributed by atoms with Gasteiger partial charge >= 0.3 is 0 Å². The first kappa shape index (κ1) is 12.3. The maximum Gasteiger partial charge on any atom is 0.225 e. The Morgan fingerprint density at radius 3 is 2.47 bits per heavy atom. The lowest BCUT2D eigenvalue weighted by Crippen LogP contribution is -2.43. The Morgan fingerprint density at radius 1 is 1.40 bits per heavy atom. The van der Waals surface area contributed by atoms with Gasteiger partial charge in [0, 0.05) is 18.5 Å². The minimum Gasteiger partial charge on any atom is -0.336 e. The van der Waals surface area contributed by atoms with Crippen LogP contribution in [-0.2, 0) is 4.79 Å². The number of hydrogen-bond acceptors (Lipinski definition) is 1. The van der Waals surface area contributed by atoms with Gasteiger partial charge in [0.25, 0.3) is 0 Å². The third kappa shape index (κ3) is 3.37. The number of rotatable bonds is 4. The molecular weight excluding hydrogens is 186 g/mol. The molecule has 2 heteroatoms. The normalized spacial score (nSPS) is 17.8. The highest BCUT2D eigenvalue weighted by atomic mass is 16.2. The highest BCUT2D eigenvalue weighted by Crippen LogP contribution is 2.23. The first-order chi connectivity index (χ1) is 7.16. The summed E-state index contributed by atoms with van der Waals surface area (Å²) in [7, 11) is 0. The topological polar surface area (TPSA) is 20.3 Å². The van der Waals surface area contributed by atoms with Gasteiger partial charge in [-0.3, -0.25) is 4.79 Å². The van der Waals surface area contributed by atoms with E-state index in [9.17, 15) is 4.79 Å². The second-order valence-corrected chi connectivity index (χ2v) is 4.73. The van der Waals surface area contributed by atoms with Crippen molar-refractivity contribution in [2.45, 2.75) is 52.0 Å². The van der Waals surface area contributed by atoms with Crippen molar-refractivity contribution >= 4 is 5.91 Å². The van der Waals surface area contributed by atoms with Gasteiger partial charge in [-0.15, -0.1) is 6.58 Å². The predicted molar refractivity (Wildman–Crippen MR) is 63.6 cm³/mol. The average Bonchev–Trinajstić information content (AvgIpc) is 2.26. The van der Waals surface area contributed by atoms with E-state index in [0.717, 1.165) is 0 Å². The molecule has 0 atom stereocenters. The number of hydrogen-bond donors (Lipinski definition) is 0. The summed E-state index contributed by atoms with van der Waals surface area (Å²) in [4.78, 5) is 14.0. The maximum atomic E-state index is 12.0. The molecule has 0 unspecified atom stereocenters. The van der Waals surface area contributed by atoms with Gasteiger partial charge in [0.1, 0.15) is 0 Å². The van der Waals surface area contributed by atoms with Crippen molar-refractivity contribution in [1.29, 1.82) is 0 Å². The van der Waals surface area contributed by atoms with Crippen LogP contribution in [-0.4, -0.2) is 23.4 Å². The van der Waals surface area contributed by atoms with E-state index >= 15 is 0 Å². The summed E-state index contributed by atoms with van der Waals surface area (Å²) in [6.07, 6.45) is 8.05. The molecule has 1 rings (SSSR count). The summed E-state index contributed by atoms with van der Waals surface area (Å²) >= 11 is 0. The van der Waals surface area contributed by atoms with Gasteiger partial charge in [0.15, 0.2) is 0 Å². The number of carbonyl (C=O) groups excluding carboxylic acids is 1. The van der Waals surface area contributed by atoms with Crippen LogP contribution in [0.4, 0.5) is 0 Å². The highest BCUT2D eigenvalue weighted by molar-refractivity contribution is 5.78. The van der Waals surface area contributed by atoms with Crippen LogP contribution in [0.3, 0.4) is 0 Å². The predicted octanol–water partition coefficient (Wildman–Crippen LogP) is 2.99. The fourth-order valence-electron chi connectivity index (χ4n) is 2.28. The Kier molecular flexibility index (Phi) is 4.86. The number of amides is 1. The van der Waals surface area contributed by atoms with E-state index in [1.807, 2.05) is 24.8 Å². The first-order valence-corrected chi connectivity index (χ1v) is 6.08. The van der Waals surface area contributed by atoms with Crippen molar-refractivity contribution < 1.29 is 4.79 Å². The van der Waals surface area contributed by atoms with Gasteiger partial charge in [-0.1, -0.05) is 39.2 Å². The molecule has 0 heterocycles. The van der Waals surface area contributed by atoms with Crippen molar-refractivity contribution in [3.05, 3.63) is 12.7 Å². The lowest BCUT2D eigenvalue weighted by molar-refractivity contribution is -0.136. The van der Waals surface area contributed by atoms with Crippen molar-refractivity contribution in [2.24, 2.45) is 5.92 Å². The molecule has 0 bridgehead atoms. The summed E-state index contributed by atoms with van der Waals surface area (Å²) in [5.41, 5.74) is 0. The lowest BCUT2D eigenvalue weighted by Gasteiger charge is -2.34. The monoisotopic (exact) mass is 209 g/mol. The smallest absolute Gasteiger partial charge is 0.225 e. The highest BCUT2D eigenvalue weighted by Gasteiger charge is 2.25. The Balaban J connectivity index is 2.62. The fraction of sp³-hybridized carbons (Fsp3) is 0.769. The molecular formula is C13H23NO. The van der Waals surface area contributed by atoms with Gasteiger partial charge in [-0.05, 0) is 12.8 Å². The van der Waals surface area contributed by atoms with Gasteiger partial charge in [0.05, 0.1) is 0 Å². The molecule has 0 spiro atoms. The van der Waals surface area contributed by atoms with E-state index in [-0.39, 0.29) is 11.8 Å². The molecule has 1 amide bonds. The fourth-order valence-corrected chi connectivity index (χ4v) is 2.28. The zero-order valence-electron chi connectivity index (χ0n) is 10.0. The quantitative estimate of drug-likeness (QED) is 0.652. The van der Waals surface area contributed by atoms with E-state index in [4.69, 9.17) is 0 Å². The minimum atomic E-state index is 0.104. The van der Waals surface area contributed by atoms with Gasteiger partial charge < -0.3 is 4.90 Å². The minimum absolute atomic E-state index is 0.104. The summed E-state index contributed by atoms with van der Waals surface area (Å²) in [6.45, 7) is 8.40. The van der Waals surface area contributed by atoms with E-state index < -0.39 is 0 Å². The summed E-state index contributed by atoms with van der Waals surface area (Å²) in [6, 6.07) is 0.464. The zero-order valence-corrected chi connectivity index (χ0v) is 10.0. The third-order valence-electron chi connectivity index (χ3n) is 3.12. The van der Waals surface area contributed by atoms with Crippen molar-refractivity contribution in [3.63, 3.8) is 0 Å². The van der Waals surface area contributed by atoms with Crippen LogP contribution >= 0.6 is 0 Å². The van der Waals surface area contributed by atoms with E-state index in [1.165, 1.54) is 32.1 Å². The van der Waals surface area contributed by atoms with Crippen LogP contribution in [0.1, 0.15) is 46.0 Å². The second-order valence-electron chi connectivity index (χ2n) is 4.73. The molecule has 0 aromatic heterocycles. The van der Waals surface area contributed by atoms with Crippen LogP contribution in [0.5, 0.6) is 0 Å². The second kappa shape index (κ2) is 5.94. The van der Waals surface area contributed by atoms with E-state index in [2.05, 4.69) is 6.58 Å². The summed E-state index contributed by atoms with van der Waals surface area (Å²) in [5, 5.41) is 0. The molecule has 86 valence electrons. The van der Waals surface area contributed by atoms with Crippen LogP contribution in [0, 0.1) is 5.92 Å². The molecule has 1 fully saturated rings. The average molecular weight is 209 g/mol. The Morgan fingerprint density at radius 2 is 2.00 bits per heavy atom. The number of nitrogens with zero attached hydrogens (tertiary/aromatic N) is 1. The standard InChI is InChI=1S/C13H23NO/c1-4-10-14(13(15)11(2)3)12-8-6-5-7-9-12/h4,11-12H,1,5-10H2,2-3H3. The van der Waals surface area contributed by atoms with E-state index in [1.54, 1.807) is 0 Å². The van der Waals surface area contributed by atoms with Crippen LogP contribution in [0.2, 0.25) is 0 Å². The first-order valence-electron chi connectivity index (χ1n) is 6.08. The van der Waals surface area contributed by atoms with Gasteiger partial charge in [-0.2, -0.15) is 0 Å². The number of carbonyl (C=O) groups is 1.